The second kappa shape index (κ2) is 6.06. The van der Waals surface area contributed by atoms with E-state index in [1.807, 2.05) is 26.0 Å². The van der Waals surface area contributed by atoms with E-state index in [0.29, 0.717) is 0 Å². The van der Waals surface area contributed by atoms with Crippen molar-refractivity contribution in [2.24, 2.45) is 0 Å². The number of nitrogens with two attached hydrogens (primary N) is 1. The molecule has 68 valence electrons. The second-order valence-corrected chi connectivity index (χ2v) is 3.68. The average Bonchev–Trinajstić information content (AvgIpc) is 2.02. The Morgan fingerprint density at radius 1 is 1.33 bits per heavy atom. The summed E-state index contributed by atoms with van der Waals surface area (Å²) in [6.45, 7) is 6.14. The highest BCUT2D eigenvalue weighted by molar-refractivity contribution is 9.09. The smallest absolute Gasteiger partial charge is 0.0346 e. The monoisotopic (exact) mass is 229 g/mol. The molecule has 1 aromatic carbocycles. The third-order valence-electron chi connectivity index (χ3n) is 1.65. The van der Waals surface area contributed by atoms with Gasteiger partial charge in [0, 0.05) is 11.0 Å². The Labute approximate surface area is 83.1 Å². The SMILES string of the molecule is CCBr.Cc1cccc(N)c1C. The van der Waals surface area contributed by atoms with Gasteiger partial charge in [-0.2, -0.15) is 0 Å². The van der Waals surface area contributed by atoms with Crippen LogP contribution in [0.1, 0.15) is 18.1 Å². The fraction of sp³-hybridized carbons (Fsp3) is 0.400. The van der Waals surface area contributed by atoms with Crippen molar-refractivity contribution in [2.75, 3.05) is 11.1 Å². The minimum Gasteiger partial charge on any atom is -0.399 e. The first kappa shape index (κ1) is 11.5. The third-order valence-corrected chi connectivity index (χ3v) is 1.65. The Morgan fingerprint density at radius 2 is 1.83 bits per heavy atom. The van der Waals surface area contributed by atoms with E-state index in [2.05, 4.69) is 28.9 Å². The quantitative estimate of drug-likeness (QED) is 0.537. The molecule has 2 N–H and O–H groups in total. The Hall–Kier alpha value is -0.500. The normalized spacial score (nSPS) is 8.67. The summed E-state index contributed by atoms with van der Waals surface area (Å²) < 4.78 is 0. The number of benzene rings is 1. The summed E-state index contributed by atoms with van der Waals surface area (Å²) in [7, 11) is 0. The van der Waals surface area contributed by atoms with Gasteiger partial charge in [-0.05, 0) is 31.0 Å². The van der Waals surface area contributed by atoms with Crippen molar-refractivity contribution in [3.63, 3.8) is 0 Å². The predicted molar refractivity (Wildman–Crippen MR) is 59.8 cm³/mol. The van der Waals surface area contributed by atoms with Crippen molar-refractivity contribution < 1.29 is 0 Å². The van der Waals surface area contributed by atoms with Crippen molar-refractivity contribution in [3.05, 3.63) is 29.3 Å². The minimum atomic E-state index is 0.884. The maximum atomic E-state index is 5.62. The Morgan fingerprint density at radius 3 is 2.17 bits per heavy atom. The van der Waals surface area contributed by atoms with Crippen molar-refractivity contribution in [2.45, 2.75) is 20.8 Å². The first-order valence-electron chi connectivity index (χ1n) is 4.01. The van der Waals surface area contributed by atoms with Crippen LogP contribution in [-0.4, -0.2) is 5.33 Å². The highest BCUT2D eigenvalue weighted by Crippen LogP contribution is 2.13. The van der Waals surface area contributed by atoms with Gasteiger partial charge in [-0.1, -0.05) is 35.0 Å². The second-order valence-electron chi connectivity index (χ2n) is 2.56. The average molecular weight is 230 g/mol. The van der Waals surface area contributed by atoms with Gasteiger partial charge >= 0.3 is 0 Å². The molecule has 0 amide bonds. The van der Waals surface area contributed by atoms with Gasteiger partial charge in [0.1, 0.15) is 0 Å². The summed E-state index contributed by atoms with van der Waals surface area (Å²) in [5, 5.41) is 1.06. The lowest BCUT2D eigenvalue weighted by atomic mass is 10.1. The van der Waals surface area contributed by atoms with E-state index in [0.717, 1.165) is 11.0 Å². The molecule has 0 spiro atoms. The Balaban J connectivity index is 0.000000354. The number of hydrogen-bond donors (Lipinski definition) is 1. The largest absolute Gasteiger partial charge is 0.399 e. The van der Waals surface area contributed by atoms with Gasteiger partial charge in [-0.15, -0.1) is 0 Å². The van der Waals surface area contributed by atoms with E-state index < -0.39 is 0 Å². The number of aryl methyl sites for hydroxylation is 1. The van der Waals surface area contributed by atoms with Crippen LogP contribution in [0.3, 0.4) is 0 Å². The third kappa shape index (κ3) is 3.77. The van der Waals surface area contributed by atoms with Crippen molar-refractivity contribution in [1.82, 2.24) is 0 Å². The van der Waals surface area contributed by atoms with Gasteiger partial charge in [0.15, 0.2) is 0 Å². The molecule has 0 aliphatic carbocycles. The molecule has 0 heterocycles. The molecule has 0 bridgehead atoms. The van der Waals surface area contributed by atoms with Gasteiger partial charge in [0.2, 0.25) is 0 Å². The summed E-state index contributed by atoms with van der Waals surface area (Å²) in [5.74, 6) is 0. The summed E-state index contributed by atoms with van der Waals surface area (Å²) >= 11 is 3.15. The highest BCUT2D eigenvalue weighted by atomic mass is 79.9. The van der Waals surface area contributed by atoms with Gasteiger partial charge in [0.05, 0.1) is 0 Å². The summed E-state index contributed by atoms with van der Waals surface area (Å²) in [6, 6.07) is 5.95. The van der Waals surface area contributed by atoms with Crippen LogP contribution in [0.25, 0.3) is 0 Å². The number of anilines is 1. The van der Waals surface area contributed by atoms with Gasteiger partial charge < -0.3 is 5.73 Å². The molecule has 0 fully saturated rings. The zero-order valence-electron chi connectivity index (χ0n) is 7.89. The lowest BCUT2D eigenvalue weighted by Gasteiger charge is -2.00. The molecule has 1 aromatic rings. The molecule has 1 rings (SSSR count). The molecular formula is C10H16BrN. The zero-order chi connectivity index (χ0) is 9.56. The van der Waals surface area contributed by atoms with Crippen LogP contribution >= 0.6 is 15.9 Å². The standard InChI is InChI=1S/C8H11N.C2H5Br/c1-6-4-3-5-8(9)7(6)2;1-2-3/h3-5H,9H2,1-2H3;2H2,1H3. The predicted octanol–water partition coefficient (Wildman–Crippen LogP) is 3.29. The number of nitrogen functional groups attached to an aromatic ring is 1. The molecule has 0 saturated carbocycles. The van der Waals surface area contributed by atoms with Crippen LogP contribution in [-0.2, 0) is 0 Å². The molecule has 0 aliphatic heterocycles. The first-order chi connectivity index (χ1) is 5.63. The molecule has 0 saturated heterocycles. The maximum absolute atomic E-state index is 5.62. The zero-order valence-corrected chi connectivity index (χ0v) is 9.48. The Kier molecular flexibility index (Phi) is 5.81. The molecule has 12 heavy (non-hydrogen) atoms. The van der Waals surface area contributed by atoms with E-state index in [9.17, 15) is 0 Å². The molecule has 0 radical (unpaired) electrons. The van der Waals surface area contributed by atoms with E-state index in [4.69, 9.17) is 5.73 Å². The fourth-order valence-corrected chi connectivity index (χ4v) is 0.774. The van der Waals surface area contributed by atoms with E-state index in [1.165, 1.54) is 11.1 Å². The first-order valence-corrected chi connectivity index (χ1v) is 5.13. The number of halogens is 1. The van der Waals surface area contributed by atoms with Crippen LogP contribution in [0, 0.1) is 13.8 Å². The van der Waals surface area contributed by atoms with E-state index in [-0.39, 0.29) is 0 Å². The van der Waals surface area contributed by atoms with Crippen LogP contribution in [0.5, 0.6) is 0 Å². The molecule has 0 unspecified atom stereocenters. The number of hydrogen-bond acceptors (Lipinski definition) is 1. The Bertz CT molecular complexity index is 213. The topological polar surface area (TPSA) is 26.0 Å². The van der Waals surface area contributed by atoms with E-state index >= 15 is 0 Å². The molecule has 0 atom stereocenters. The summed E-state index contributed by atoms with van der Waals surface area (Å²) in [4.78, 5) is 0. The van der Waals surface area contributed by atoms with Crippen molar-refractivity contribution >= 4 is 21.6 Å². The highest BCUT2D eigenvalue weighted by Gasteiger charge is 1.92. The number of alkyl halides is 1. The van der Waals surface area contributed by atoms with Crippen LogP contribution < -0.4 is 5.73 Å². The minimum absolute atomic E-state index is 0.884. The lowest BCUT2D eigenvalue weighted by Crippen LogP contribution is -1.90. The van der Waals surface area contributed by atoms with Gasteiger partial charge in [-0.25, -0.2) is 0 Å². The van der Waals surface area contributed by atoms with Crippen LogP contribution in [0.4, 0.5) is 5.69 Å². The molecular weight excluding hydrogens is 214 g/mol. The van der Waals surface area contributed by atoms with E-state index in [1.54, 1.807) is 0 Å². The molecule has 2 heteroatoms. The maximum Gasteiger partial charge on any atom is 0.0346 e. The molecule has 0 aliphatic rings. The van der Waals surface area contributed by atoms with Crippen molar-refractivity contribution in [1.29, 1.82) is 0 Å². The fourth-order valence-electron chi connectivity index (χ4n) is 0.774. The lowest BCUT2D eigenvalue weighted by molar-refractivity contribution is 1.35. The van der Waals surface area contributed by atoms with Gasteiger partial charge in [0.25, 0.3) is 0 Å². The summed E-state index contributed by atoms with van der Waals surface area (Å²) in [6.07, 6.45) is 0. The molecule has 1 nitrogen and oxygen atoms in total. The summed E-state index contributed by atoms with van der Waals surface area (Å²) in [5.41, 5.74) is 8.96. The van der Waals surface area contributed by atoms with Crippen LogP contribution in [0.2, 0.25) is 0 Å². The van der Waals surface area contributed by atoms with Gasteiger partial charge in [-0.3, -0.25) is 0 Å². The number of rotatable bonds is 0. The van der Waals surface area contributed by atoms with Crippen molar-refractivity contribution in [3.8, 4) is 0 Å². The van der Waals surface area contributed by atoms with Crippen LogP contribution in [0.15, 0.2) is 18.2 Å². The molecule has 0 aromatic heterocycles.